The second-order valence-electron chi connectivity index (χ2n) is 38.0. The number of benzene rings is 22. The van der Waals surface area contributed by atoms with E-state index in [2.05, 4.69) is 489 Å². The molecule has 0 atom stereocenters. The predicted octanol–water partition coefficient (Wildman–Crippen LogP) is 31.8. The predicted molar refractivity (Wildman–Crippen MR) is 605 cm³/mol. The van der Waals surface area contributed by atoms with Crippen molar-refractivity contribution < 1.29 is 19.2 Å². The Kier molecular flexibility index (Phi) is 19.6. The molecule has 0 saturated carbocycles. The fourth-order valence-electron chi connectivity index (χ4n) is 23.2. The maximum Gasteiger partial charge on any atom is 0.524 e. The number of hydrogen-bond acceptors (Lipinski definition) is 8. The molecule has 0 saturated heterocycles. The van der Waals surface area contributed by atoms with Gasteiger partial charge >= 0.3 is 14.1 Å². The van der Waals surface area contributed by atoms with Crippen LogP contribution < -0.4 is 49.8 Å². The van der Waals surface area contributed by atoms with Gasteiger partial charge in [-0.05, 0) is 271 Å². The summed E-state index contributed by atoms with van der Waals surface area (Å²) in [5, 5.41) is 18.7. The van der Waals surface area contributed by atoms with Gasteiger partial charge in [0.25, 0.3) is 7.41 Å². The van der Waals surface area contributed by atoms with Gasteiger partial charge in [0.2, 0.25) is 0 Å². The highest BCUT2D eigenvalue weighted by molar-refractivity contribution is 6.78. The lowest BCUT2D eigenvalue weighted by atomic mass is 9.65. The van der Waals surface area contributed by atoms with E-state index in [0.29, 0.717) is 0 Å². The van der Waals surface area contributed by atoms with Crippen molar-refractivity contribution in [2.24, 2.45) is 0 Å². The summed E-state index contributed by atoms with van der Waals surface area (Å²) in [4.78, 5) is 8.99. The first kappa shape index (κ1) is 83.8. The number of nitrogens with zero attached hydrogens (tertiary/aromatic N) is 7. The molecular weight excluding hydrogens is 1780 g/mol. The monoisotopic (exact) mass is 1860 g/mol. The van der Waals surface area contributed by atoms with Gasteiger partial charge in [0.15, 0.2) is 11.5 Å². The van der Waals surface area contributed by atoms with E-state index in [1.807, 2.05) is 60.7 Å². The Bertz CT molecular complexity index is 9580. The number of fused-ring (bicyclic) bond motifs is 30. The van der Waals surface area contributed by atoms with Gasteiger partial charge < -0.3 is 52.2 Å². The minimum absolute atomic E-state index is 0.174. The average Bonchev–Trinajstić information content (AvgIpc) is 1.54. The Hall–Kier alpha value is -19.2. The highest BCUT2D eigenvalue weighted by atomic mass is 16.5. The first-order valence-corrected chi connectivity index (χ1v) is 49.7. The van der Waals surface area contributed by atoms with Gasteiger partial charge in [0, 0.05) is 88.8 Å². The van der Waals surface area contributed by atoms with Crippen molar-refractivity contribution in [2.45, 2.75) is 0 Å². The number of anilines is 9. The van der Waals surface area contributed by atoms with Gasteiger partial charge in [-0.25, -0.2) is 0 Å². The SMILES string of the molecule is Oc1cc(-c2ccc(N3c4ccccc4Oc4ccccc43)cc2)ccc1N1[B]c2ccccc2-c2ccccc21.c1ccc(-n2c3ccccc3c3cc(-c4cccc(-c5ccc6c(c5)OB5c7ccccc7-c7ccccc7N56)c4)ccc32)cc1.c1ccc(-n2c3ccccc3c3cc4c(cc32)c2cc(-c3cccc(-c5ccc6c(c5)OB5c7ccccc7-c7ccccc7N56)c3)ccc2n4-c2ccccc2)cc1. The average molecular weight is 1870 g/mol. The molecule has 0 bridgehead atoms. The van der Waals surface area contributed by atoms with Crippen LogP contribution in [0.25, 0.3) is 171 Å². The highest BCUT2D eigenvalue weighted by Crippen LogP contribution is 2.55. The van der Waals surface area contributed by atoms with Crippen LogP contribution in [-0.4, -0.2) is 40.3 Å². The number of ether oxygens (including phenoxy) is 1. The molecule has 1 N–H and O–H groups in total. The Balaban J connectivity index is 0.000000106. The molecule has 681 valence electrons. The quantitative estimate of drug-likeness (QED) is 0.136. The van der Waals surface area contributed by atoms with Crippen LogP contribution in [0.2, 0.25) is 0 Å². The zero-order valence-electron chi connectivity index (χ0n) is 79.0. The van der Waals surface area contributed by atoms with Crippen LogP contribution in [0.5, 0.6) is 28.7 Å². The number of rotatable bonds is 10. The van der Waals surface area contributed by atoms with Crippen molar-refractivity contribution >= 4 is 155 Å². The number of para-hydroxylation sites is 12. The summed E-state index contributed by atoms with van der Waals surface area (Å²) in [6, 6.07) is 181. The molecule has 0 amide bonds. The molecule has 31 rings (SSSR count). The third-order valence-corrected chi connectivity index (χ3v) is 29.9. The Morgan fingerprint density at radius 3 is 1.03 bits per heavy atom. The van der Waals surface area contributed by atoms with Crippen LogP contribution in [0, 0.1) is 0 Å². The first-order valence-electron chi connectivity index (χ1n) is 49.7. The molecule has 9 heterocycles. The van der Waals surface area contributed by atoms with Crippen LogP contribution in [0.3, 0.4) is 0 Å². The largest absolute Gasteiger partial charge is 0.536 e. The maximum absolute atomic E-state index is 11.3. The number of phenolic OH excluding ortho intramolecular Hbond substituents is 1. The molecule has 0 spiro atoms. The summed E-state index contributed by atoms with van der Waals surface area (Å²) in [6.45, 7) is 0. The van der Waals surface area contributed by atoms with Gasteiger partial charge in [-0.15, -0.1) is 0 Å². The van der Waals surface area contributed by atoms with E-state index in [0.717, 1.165) is 113 Å². The lowest BCUT2D eigenvalue weighted by molar-refractivity contribution is 0.476. The molecule has 14 heteroatoms. The smallest absolute Gasteiger partial charge is 0.524 e. The molecule has 25 aromatic rings. The molecule has 0 aliphatic carbocycles. The van der Waals surface area contributed by atoms with E-state index in [4.69, 9.17) is 14.0 Å². The van der Waals surface area contributed by atoms with Crippen molar-refractivity contribution in [3.63, 3.8) is 0 Å². The van der Waals surface area contributed by atoms with E-state index < -0.39 is 0 Å². The fraction of sp³-hybridized carbons (Fsp3) is 0. The first-order chi connectivity index (χ1) is 72.3. The van der Waals surface area contributed by atoms with Crippen LogP contribution in [0.1, 0.15) is 0 Å². The molecule has 6 aliphatic heterocycles. The topological polar surface area (TPSA) is 75.7 Å². The molecule has 11 nitrogen and oxygen atoms in total. The molecule has 6 aliphatic rings. The van der Waals surface area contributed by atoms with Crippen molar-refractivity contribution in [3.8, 4) is 135 Å². The van der Waals surface area contributed by atoms with Crippen LogP contribution >= 0.6 is 0 Å². The van der Waals surface area contributed by atoms with Gasteiger partial charge in [0.1, 0.15) is 17.2 Å². The van der Waals surface area contributed by atoms with Crippen LogP contribution in [-0.2, 0) is 0 Å². The fourth-order valence-corrected chi connectivity index (χ4v) is 23.2. The van der Waals surface area contributed by atoms with Crippen molar-refractivity contribution in [1.82, 2.24) is 13.7 Å². The van der Waals surface area contributed by atoms with Crippen molar-refractivity contribution in [3.05, 3.63) is 510 Å². The van der Waals surface area contributed by atoms with E-state index in [1.54, 1.807) is 0 Å². The lowest BCUT2D eigenvalue weighted by Crippen LogP contribution is -2.50. The molecule has 0 unspecified atom stereocenters. The summed E-state index contributed by atoms with van der Waals surface area (Å²) < 4.78 is 26.9. The van der Waals surface area contributed by atoms with Gasteiger partial charge in [-0.1, -0.05) is 327 Å². The minimum atomic E-state index is -0.197. The Labute approximate surface area is 845 Å². The summed E-state index contributed by atoms with van der Waals surface area (Å²) >= 11 is 0. The number of aromatic nitrogens is 3. The molecule has 0 fully saturated rings. The highest BCUT2D eigenvalue weighted by Gasteiger charge is 2.47. The number of phenols is 1. The molecule has 22 aromatic carbocycles. The minimum Gasteiger partial charge on any atom is -0.536 e. The molecule has 3 aromatic heterocycles. The molecule has 146 heavy (non-hydrogen) atoms. The number of aromatic hydroxyl groups is 1. The molecular formula is C132H85B3N7O4. The van der Waals surface area contributed by atoms with Gasteiger partial charge in [0.05, 0.1) is 61.5 Å². The number of hydrogen-bond donors (Lipinski definition) is 1. The van der Waals surface area contributed by atoms with Crippen LogP contribution in [0.15, 0.2) is 510 Å². The third kappa shape index (κ3) is 13.7. The second kappa shape index (κ2) is 34.1. The van der Waals surface area contributed by atoms with Crippen LogP contribution in [0.4, 0.5) is 51.2 Å². The van der Waals surface area contributed by atoms with Crippen molar-refractivity contribution in [2.75, 3.05) is 19.3 Å². The zero-order chi connectivity index (χ0) is 96.1. The zero-order valence-corrected chi connectivity index (χ0v) is 79.0. The third-order valence-electron chi connectivity index (χ3n) is 29.9. The summed E-state index contributed by atoms with van der Waals surface area (Å²) in [6.07, 6.45) is 0. The lowest BCUT2D eigenvalue weighted by Gasteiger charge is -2.33. The van der Waals surface area contributed by atoms with E-state index in [-0.39, 0.29) is 19.9 Å². The normalized spacial score (nSPS) is 12.8. The van der Waals surface area contributed by atoms with Gasteiger partial charge in [-0.2, -0.15) is 0 Å². The maximum atomic E-state index is 11.3. The Morgan fingerprint density at radius 1 is 0.199 bits per heavy atom. The Morgan fingerprint density at radius 2 is 0.541 bits per heavy atom. The second-order valence-corrected chi connectivity index (χ2v) is 38.0. The van der Waals surface area contributed by atoms with E-state index >= 15 is 0 Å². The summed E-state index contributed by atoms with van der Waals surface area (Å²) in [5.41, 5.74) is 42.2. The van der Waals surface area contributed by atoms with E-state index in [9.17, 15) is 5.11 Å². The molecule has 1 radical (unpaired) electrons. The standard InChI is InChI=1S/C54H34BN3O.C42H27BN2O.C36H24BN2O2/c1-3-16-39(17-4-1)56-48-24-11-8-22-43(48)45-33-53-46(34-52(45)56)44-31-37(26-28-49(44)57(53)40-18-5-2-6-19-40)35-14-13-15-36(30-35)38-27-29-51-54(32-38)59-55-47-23-10-7-20-41(47)42-21-9-12-25-50(42)58(51)55;1-2-13-32(14-3-1)44-38-19-8-5-17-35(38)36-26-30(21-23-39(36)44)28-11-10-12-29(25-28)31-22-24-41-42(27-31)46-43-37-18-7-4-15-33(37)34-16-6-9-20-40(34)45(41)43;40-34-23-25(19-22-31(34)39-30-12-4-2-10-28(30)27-9-1-3-11-29(27)37-39)24-17-20-26(21-18-24)38-32-13-5-7-15-35(32)41-36-16-8-6-14-33(36)38/h1-34H;1-27H;1-23,40H. The summed E-state index contributed by atoms with van der Waals surface area (Å²) in [7, 11) is 1.73. The van der Waals surface area contributed by atoms with Gasteiger partial charge in [-0.3, -0.25) is 0 Å². The van der Waals surface area contributed by atoms with Crippen molar-refractivity contribution in [1.29, 1.82) is 0 Å². The van der Waals surface area contributed by atoms with E-state index in [1.165, 1.54) is 149 Å². The summed E-state index contributed by atoms with van der Waals surface area (Å²) in [5.74, 6) is 3.70.